The summed E-state index contributed by atoms with van der Waals surface area (Å²) in [4.78, 5) is 21.7. The zero-order valence-electron chi connectivity index (χ0n) is 18.9. The van der Waals surface area contributed by atoms with Crippen molar-refractivity contribution in [2.45, 2.75) is 58.0 Å². The molecule has 1 atom stereocenters. The second kappa shape index (κ2) is 8.03. The molecule has 8 nitrogen and oxygen atoms in total. The monoisotopic (exact) mass is 438 g/mol. The van der Waals surface area contributed by atoms with E-state index in [0.717, 1.165) is 40.8 Å². The molecule has 1 aliphatic carbocycles. The van der Waals surface area contributed by atoms with Gasteiger partial charge in [0.1, 0.15) is 17.2 Å². The van der Waals surface area contributed by atoms with Gasteiger partial charge in [0.2, 0.25) is 0 Å². The minimum absolute atomic E-state index is 0.139. The van der Waals surface area contributed by atoms with Crippen LogP contribution < -0.4 is 4.90 Å². The maximum Gasteiger partial charge on any atom is 0.182 e. The molecule has 0 amide bonds. The van der Waals surface area contributed by atoms with Gasteiger partial charge in [-0.2, -0.15) is 0 Å². The number of hydrogen-bond acceptors (Lipinski definition) is 7. The van der Waals surface area contributed by atoms with Crippen LogP contribution in [0, 0.1) is 6.92 Å². The molecule has 3 aromatic heterocycles. The molecule has 0 N–H and O–H groups in total. The standard InChI is InChI=1S/C25H26N8/c1-3-19-25-31-30-16(2)32(25)20-15-28-23(29-24(20)33(19)18-11-7-8-12-18)22-21(26-13-14-27-22)17-9-5-4-6-10-17/h4-6,9-10,13-15,18-19H,3,7-8,11-12H2,1-2H3. The number of hydrogen-bond donors (Lipinski definition) is 0. The Bertz CT molecular complexity index is 1290. The van der Waals surface area contributed by atoms with Crippen molar-refractivity contribution in [1.82, 2.24) is 34.7 Å². The van der Waals surface area contributed by atoms with Crippen molar-refractivity contribution >= 4 is 5.82 Å². The van der Waals surface area contributed by atoms with Gasteiger partial charge in [-0.1, -0.05) is 50.1 Å². The second-order valence-electron chi connectivity index (χ2n) is 8.73. The molecule has 166 valence electrons. The molecule has 33 heavy (non-hydrogen) atoms. The Morgan fingerprint density at radius 2 is 1.70 bits per heavy atom. The predicted octanol–water partition coefficient (Wildman–Crippen LogP) is 4.70. The maximum atomic E-state index is 5.15. The maximum absolute atomic E-state index is 5.15. The van der Waals surface area contributed by atoms with Crippen LogP contribution in [0.25, 0.3) is 28.5 Å². The molecule has 2 aliphatic rings. The molecule has 4 heterocycles. The second-order valence-corrected chi connectivity index (χ2v) is 8.73. The molecular formula is C25H26N8. The molecule has 1 saturated carbocycles. The van der Waals surface area contributed by atoms with Crippen molar-refractivity contribution in [3.05, 3.63) is 60.6 Å². The first kappa shape index (κ1) is 20.0. The molecule has 1 aliphatic heterocycles. The first-order chi connectivity index (χ1) is 16.3. The van der Waals surface area contributed by atoms with Gasteiger partial charge in [0, 0.05) is 24.0 Å². The Kier molecular flexibility index (Phi) is 4.86. The lowest BCUT2D eigenvalue weighted by Crippen LogP contribution is -2.42. The Balaban J connectivity index is 1.55. The SMILES string of the molecule is CCC1c2nnc(C)n2-c2cnc(-c3nccnc3-c3ccccc3)nc2N1C1CCCC1. The molecule has 4 aromatic rings. The Morgan fingerprint density at radius 1 is 0.939 bits per heavy atom. The number of fused-ring (bicyclic) bond motifs is 3. The van der Waals surface area contributed by atoms with E-state index in [4.69, 9.17) is 9.97 Å². The highest BCUT2D eigenvalue weighted by atomic mass is 15.4. The van der Waals surface area contributed by atoms with Crippen LogP contribution in [0.1, 0.15) is 56.7 Å². The molecule has 1 aromatic carbocycles. The highest BCUT2D eigenvalue weighted by Gasteiger charge is 2.39. The number of nitrogens with zero attached hydrogens (tertiary/aromatic N) is 8. The molecule has 0 saturated heterocycles. The lowest BCUT2D eigenvalue weighted by Gasteiger charge is -2.41. The number of anilines is 1. The first-order valence-electron chi connectivity index (χ1n) is 11.7. The van der Waals surface area contributed by atoms with E-state index in [-0.39, 0.29) is 6.04 Å². The molecule has 8 heteroatoms. The van der Waals surface area contributed by atoms with Crippen molar-refractivity contribution in [1.29, 1.82) is 0 Å². The Labute approximate surface area is 192 Å². The van der Waals surface area contributed by atoms with E-state index >= 15 is 0 Å². The molecule has 0 spiro atoms. The summed E-state index contributed by atoms with van der Waals surface area (Å²) in [5.41, 5.74) is 3.42. The van der Waals surface area contributed by atoms with Gasteiger partial charge in [0.05, 0.1) is 17.9 Å². The summed E-state index contributed by atoms with van der Waals surface area (Å²) >= 11 is 0. The summed E-state index contributed by atoms with van der Waals surface area (Å²) in [6.45, 7) is 4.20. The third kappa shape index (κ3) is 3.20. The summed E-state index contributed by atoms with van der Waals surface area (Å²) in [5, 5.41) is 8.96. The summed E-state index contributed by atoms with van der Waals surface area (Å²) in [6, 6.07) is 10.7. The zero-order chi connectivity index (χ0) is 22.4. The van der Waals surface area contributed by atoms with Gasteiger partial charge in [0.25, 0.3) is 0 Å². The summed E-state index contributed by atoms with van der Waals surface area (Å²) < 4.78 is 2.12. The fourth-order valence-corrected chi connectivity index (χ4v) is 5.29. The van der Waals surface area contributed by atoms with Crippen molar-refractivity contribution in [2.24, 2.45) is 0 Å². The first-order valence-corrected chi connectivity index (χ1v) is 11.7. The smallest absolute Gasteiger partial charge is 0.182 e. The van der Waals surface area contributed by atoms with Crippen LogP contribution in [-0.4, -0.2) is 40.7 Å². The van der Waals surface area contributed by atoms with Gasteiger partial charge in [-0.15, -0.1) is 10.2 Å². The van der Waals surface area contributed by atoms with E-state index in [9.17, 15) is 0 Å². The average molecular weight is 439 g/mol. The lowest BCUT2D eigenvalue weighted by atomic mass is 10.0. The van der Waals surface area contributed by atoms with E-state index < -0.39 is 0 Å². The number of aryl methyl sites for hydroxylation is 1. The van der Waals surface area contributed by atoms with Crippen LogP contribution >= 0.6 is 0 Å². The highest BCUT2D eigenvalue weighted by Crippen LogP contribution is 2.43. The topological polar surface area (TPSA) is 85.5 Å². The third-order valence-corrected chi connectivity index (χ3v) is 6.78. The molecule has 0 radical (unpaired) electrons. The molecule has 1 unspecified atom stereocenters. The van der Waals surface area contributed by atoms with Crippen molar-refractivity contribution in [3.8, 4) is 28.5 Å². The van der Waals surface area contributed by atoms with Crippen LogP contribution in [0.4, 0.5) is 5.82 Å². The van der Waals surface area contributed by atoms with Crippen molar-refractivity contribution in [3.63, 3.8) is 0 Å². The van der Waals surface area contributed by atoms with Crippen molar-refractivity contribution < 1.29 is 0 Å². The van der Waals surface area contributed by atoms with E-state index in [1.807, 2.05) is 43.5 Å². The molecule has 6 rings (SSSR count). The van der Waals surface area contributed by atoms with E-state index in [2.05, 4.69) is 36.6 Å². The quantitative estimate of drug-likeness (QED) is 0.456. The van der Waals surface area contributed by atoms with Gasteiger partial charge in [-0.25, -0.2) is 15.0 Å². The normalized spacial score (nSPS) is 17.8. The number of rotatable bonds is 4. The highest BCUT2D eigenvalue weighted by molar-refractivity contribution is 5.76. The summed E-state index contributed by atoms with van der Waals surface area (Å²) in [5.74, 6) is 3.37. The predicted molar refractivity (Wildman–Crippen MR) is 126 cm³/mol. The number of aromatic nitrogens is 7. The molecule has 1 fully saturated rings. The van der Waals surface area contributed by atoms with Crippen LogP contribution in [0.3, 0.4) is 0 Å². The fraction of sp³-hybridized carbons (Fsp3) is 0.360. The van der Waals surface area contributed by atoms with E-state index in [1.165, 1.54) is 25.7 Å². The van der Waals surface area contributed by atoms with Gasteiger partial charge in [-0.3, -0.25) is 9.55 Å². The minimum Gasteiger partial charge on any atom is -0.341 e. The van der Waals surface area contributed by atoms with Crippen LogP contribution in [0.5, 0.6) is 0 Å². The molecular weight excluding hydrogens is 412 g/mol. The van der Waals surface area contributed by atoms with Crippen LogP contribution in [0.2, 0.25) is 0 Å². The van der Waals surface area contributed by atoms with Crippen LogP contribution in [0.15, 0.2) is 48.9 Å². The number of benzene rings is 1. The van der Waals surface area contributed by atoms with Gasteiger partial charge in [-0.05, 0) is 26.2 Å². The Hall–Kier alpha value is -3.68. The lowest BCUT2D eigenvalue weighted by molar-refractivity contribution is 0.468. The zero-order valence-corrected chi connectivity index (χ0v) is 18.9. The van der Waals surface area contributed by atoms with Gasteiger partial charge >= 0.3 is 0 Å². The molecule has 0 bridgehead atoms. The van der Waals surface area contributed by atoms with Gasteiger partial charge in [0.15, 0.2) is 17.5 Å². The average Bonchev–Trinajstić information content (AvgIpc) is 3.54. The van der Waals surface area contributed by atoms with E-state index in [1.54, 1.807) is 12.4 Å². The van der Waals surface area contributed by atoms with E-state index in [0.29, 0.717) is 17.6 Å². The van der Waals surface area contributed by atoms with Crippen LogP contribution in [-0.2, 0) is 0 Å². The summed E-state index contributed by atoms with van der Waals surface area (Å²) in [6.07, 6.45) is 11.1. The fourth-order valence-electron chi connectivity index (χ4n) is 5.29. The third-order valence-electron chi connectivity index (χ3n) is 6.78. The van der Waals surface area contributed by atoms with Crippen molar-refractivity contribution in [2.75, 3.05) is 4.90 Å². The summed E-state index contributed by atoms with van der Waals surface area (Å²) in [7, 11) is 0. The minimum atomic E-state index is 0.139. The largest absolute Gasteiger partial charge is 0.341 e. The Morgan fingerprint density at radius 3 is 2.45 bits per heavy atom. The van der Waals surface area contributed by atoms with Gasteiger partial charge < -0.3 is 4.90 Å².